The Bertz CT molecular complexity index is 119. The normalized spacial score (nSPS) is 13.4. The van der Waals surface area contributed by atoms with Gasteiger partial charge in [-0.2, -0.15) is 0 Å². The molecule has 0 amide bonds. The summed E-state index contributed by atoms with van der Waals surface area (Å²) < 4.78 is 0. The lowest BCUT2D eigenvalue weighted by Gasteiger charge is -1.90. The molecule has 0 bridgehead atoms. The summed E-state index contributed by atoms with van der Waals surface area (Å²) in [5.74, 6) is 2.77. The van der Waals surface area contributed by atoms with Crippen LogP contribution in [0.4, 0.5) is 0 Å². The molecule has 0 aliphatic heterocycles. The van der Waals surface area contributed by atoms with Crippen LogP contribution in [0.5, 0.6) is 0 Å². The van der Waals surface area contributed by atoms with E-state index >= 15 is 0 Å². The lowest BCUT2D eigenvalue weighted by Crippen LogP contribution is -1.90. The van der Waals surface area contributed by atoms with Crippen LogP contribution in [-0.2, 0) is 0 Å². The third kappa shape index (κ3) is 5.10. The first-order chi connectivity index (χ1) is 4.31. The smallest absolute Gasteiger partial charge is 0.0520 e. The van der Waals surface area contributed by atoms with Gasteiger partial charge in [0.2, 0.25) is 0 Å². The van der Waals surface area contributed by atoms with E-state index in [9.17, 15) is 0 Å². The summed E-state index contributed by atoms with van der Waals surface area (Å²) in [6.45, 7) is 4.95. The predicted octanol–water partition coefficient (Wildman–Crippen LogP) is 1.74. The zero-order valence-electron chi connectivity index (χ0n) is 6.09. The number of hydrogen-bond donors (Lipinski definition) is 0. The minimum Gasteiger partial charge on any atom is -0.296 e. The van der Waals surface area contributed by atoms with Gasteiger partial charge < -0.3 is 0 Å². The van der Waals surface area contributed by atoms with Crippen molar-refractivity contribution in [1.29, 1.82) is 0 Å². The number of rotatable bonds is 3. The third-order valence-corrected chi connectivity index (χ3v) is 0.945. The van der Waals surface area contributed by atoms with Crippen molar-refractivity contribution in [3.05, 3.63) is 0 Å². The quantitative estimate of drug-likeness (QED) is 0.400. The van der Waals surface area contributed by atoms with Crippen LogP contribution in [0.15, 0.2) is 4.99 Å². The first-order valence-electron chi connectivity index (χ1n) is 3.27. The molecule has 0 saturated carbocycles. The molecule has 50 valence electrons. The van der Waals surface area contributed by atoms with E-state index in [4.69, 9.17) is 6.42 Å². The molecule has 0 rings (SSSR count). The van der Waals surface area contributed by atoms with Crippen LogP contribution in [0.3, 0.4) is 0 Å². The molecule has 1 unspecified atom stereocenters. The predicted molar refractivity (Wildman–Crippen MR) is 41.6 cm³/mol. The van der Waals surface area contributed by atoms with Gasteiger partial charge >= 0.3 is 0 Å². The summed E-state index contributed by atoms with van der Waals surface area (Å²) in [5, 5.41) is 0. The average Bonchev–Trinajstić information content (AvgIpc) is 1.89. The van der Waals surface area contributed by atoms with Crippen molar-refractivity contribution < 1.29 is 0 Å². The summed E-state index contributed by atoms with van der Waals surface area (Å²) in [7, 11) is 0. The van der Waals surface area contributed by atoms with Crippen molar-refractivity contribution in [2.75, 3.05) is 6.54 Å². The molecule has 0 N–H and O–H groups in total. The molecule has 0 aromatic carbocycles. The summed E-state index contributed by atoms with van der Waals surface area (Å²) in [6, 6.07) is 0. The highest BCUT2D eigenvalue weighted by Crippen LogP contribution is 1.85. The zero-order chi connectivity index (χ0) is 7.11. The van der Waals surface area contributed by atoms with E-state index in [1.807, 2.05) is 13.1 Å². The van der Waals surface area contributed by atoms with Crippen LogP contribution in [-0.4, -0.2) is 12.8 Å². The maximum absolute atomic E-state index is 5.11. The van der Waals surface area contributed by atoms with E-state index in [1.54, 1.807) is 0 Å². The Kier molecular flexibility index (Phi) is 4.91. The maximum Gasteiger partial charge on any atom is 0.0520 e. The molecular weight excluding hydrogens is 110 g/mol. The molecule has 0 saturated heterocycles. The number of hydrogen-bond acceptors (Lipinski definition) is 1. The number of nitrogens with zero attached hydrogens (tertiary/aromatic N) is 1. The lowest BCUT2D eigenvalue weighted by atomic mass is 10.2. The molecule has 1 nitrogen and oxygen atoms in total. The molecule has 0 aliphatic rings. The SMILES string of the molecule is C#CC(C)C=NCCC. The summed E-state index contributed by atoms with van der Waals surface area (Å²) >= 11 is 0. The van der Waals surface area contributed by atoms with Gasteiger partial charge in [0.25, 0.3) is 0 Å². The fraction of sp³-hybridized carbons (Fsp3) is 0.625. The van der Waals surface area contributed by atoms with Crippen molar-refractivity contribution in [3.63, 3.8) is 0 Å². The first kappa shape index (κ1) is 8.23. The molecule has 0 heterocycles. The van der Waals surface area contributed by atoms with Gasteiger partial charge in [-0.25, -0.2) is 0 Å². The Morgan fingerprint density at radius 2 is 2.44 bits per heavy atom. The molecule has 1 atom stereocenters. The number of aliphatic imine (C=N–C) groups is 1. The second-order valence-electron chi connectivity index (χ2n) is 2.01. The van der Waals surface area contributed by atoms with E-state index in [0.717, 1.165) is 13.0 Å². The second-order valence-corrected chi connectivity index (χ2v) is 2.01. The van der Waals surface area contributed by atoms with Gasteiger partial charge in [-0.15, -0.1) is 6.42 Å². The van der Waals surface area contributed by atoms with Crippen molar-refractivity contribution in [3.8, 4) is 12.3 Å². The minimum absolute atomic E-state index is 0.191. The Hall–Kier alpha value is -0.770. The van der Waals surface area contributed by atoms with Crippen LogP contribution < -0.4 is 0 Å². The van der Waals surface area contributed by atoms with E-state index in [1.165, 1.54) is 0 Å². The molecular formula is C8H13N. The second kappa shape index (κ2) is 5.37. The van der Waals surface area contributed by atoms with Gasteiger partial charge in [-0.3, -0.25) is 4.99 Å². The Labute approximate surface area is 57.2 Å². The van der Waals surface area contributed by atoms with Crippen molar-refractivity contribution in [2.45, 2.75) is 20.3 Å². The molecule has 0 aromatic heterocycles. The van der Waals surface area contributed by atoms with E-state index in [0.29, 0.717) is 0 Å². The van der Waals surface area contributed by atoms with Gasteiger partial charge in [-0.05, 0) is 13.3 Å². The largest absolute Gasteiger partial charge is 0.296 e. The molecule has 0 fully saturated rings. The standard InChI is InChI=1S/C8H13N/c1-4-6-9-7-8(3)5-2/h2,7-8H,4,6H2,1,3H3. The molecule has 0 spiro atoms. The van der Waals surface area contributed by atoms with Crippen molar-refractivity contribution >= 4 is 6.21 Å². The molecule has 9 heavy (non-hydrogen) atoms. The fourth-order valence-corrected chi connectivity index (χ4v) is 0.405. The Balaban J connectivity index is 3.35. The van der Waals surface area contributed by atoms with E-state index in [2.05, 4.69) is 17.8 Å². The molecule has 0 aromatic rings. The van der Waals surface area contributed by atoms with Crippen LogP contribution in [0.25, 0.3) is 0 Å². The highest BCUT2D eigenvalue weighted by molar-refractivity contribution is 5.63. The Morgan fingerprint density at radius 1 is 1.78 bits per heavy atom. The minimum atomic E-state index is 0.191. The highest BCUT2D eigenvalue weighted by atomic mass is 14.7. The van der Waals surface area contributed by atoms with Gasteiger partial charge in [-0.1, -0.05) is 12.8 Å². The van der Waals surface area contributed by atoms with Gasteiger partial charge in [0.05, 0.1) is 5.92 Å². The van der Waals surface area contributed by atoms with Crippen molar-refractivity contribution in [1.82, 2.24) is 0 Å². The van der Waals surface area contributed by atoms with Gasteiger partial charge in [0, 0.05) is 12.8 Å². The number of terminal acetylenes is 1. The molecule has 1 heteroatoms. The van der Waals surface area contributed by atoms with Gasteiger partial charge in [0.1, 0.15) is 0 Å². The summed E-state index contributed by atoms with van der Waals surface area (Å²) in [4.78, 5) is 4.09. The molecule has 0 aliphatic carbocycles. The average molecular weight is 123 g/mol. The Morgan fingerprint density at radius 3 is 2.89 bits per heavy atom. The van der Waals surface area contributed by atoms with Crippen LogP contribution >= 0.6 is 0 Å². The lowest BCUT2D eigenvalue weighted by molar-refractivity contribution is 0.921. The zero-order valence-corrected chi connectivity index (χ0v) is 6.09. The van der Waals surface area contributed by atoms with Crippen LogP contribution in [0.2, 0.25) is 0 Å². The van der Waals surface area contributed by atoms with E-state index in [-0.39, 0.29) is 5.92 Å². The summed E-state index contributed by atoms with van der Waals surface area (Å²) in [6.07, 6.45) is 8.03. The monoisotopic (exact) mass is 123 g/mol. The third-order valence-electron chi connectivity index (χ3n) is 0.945. The van der Waals surface area contributed by atoms with Crippen LogP contribution in [0.1, 0.15) is 20.3 Å². The fourth-order valence-electron chi connectivity index (χ4n) is 0.405. The maximum atomic E-state index is 5.11. The van der Waals surface area contributed by atoms with Crippen LogP contribution in [0, 0.1) is 18.3 Å². The first-order valence-corrected chi connectivity index (χ1v) is 3.27. The van der Waals surface area contributed by atoms with Gasteiger partial charge in [0.15, 0.2) is 0 Å². The topological polar surface area (TPSA) is 12.4 Å². The molecule has 0 radical (unpaired) electrons. The van der Waals surface area contributed by atoms with Crippen molar-refractivity contribution in [2.24, 2.45) is 10.9 Å². The summed E-state index contributed by atoms with van der Waals surface area (Å²) in [5.41, 5.74) is 0. The van der Waals surface area contributed by atoms with E-state index < -0.39 is 0 Å². The highest BCUT2D eigenvalue weighted by Gasteiger charge is 1.85.